The Kier molecular flexibility index (Phi) is 6.69. The van der Waals surface area contributed by atoms with Crippen LogP contribution >= 0.6 is 15.9 Å². The third kappa shape index (κ3) is 5.53. The molecule has 0 atom stereocenters. The summed E-state index contributed by atoms with van der Waals surface area (Å²) in [6.45, 7) is 3.97. The van der Waals surface area contributed by atoms with Gasteiger partial charge in [0.05, 0.1) is 5.75 Å². The van der Waals surface area contributed by atoms with Gasteiger partial charge in [0.25, 0.3) is 0 Å². The lowest BCUT2D eigenvalue weighted by Crippen LogP contribution is -2.13. The minimum absolute atomic E-state index is 0.0245. The van der Waals surface area contributed by atoms with E-state index >= 15 is 0 Å². The first-order valence-corrected chi connectivity index (χ1v) is 10.2. The van der Waals surface area contributed by atoms with Crippen LogP contribution in [0.15, 0.2) is 46.9 Å². The molecule has 0 heterocycles. The van der Waals surface area contributed by atoms with Crippen LogP contribution in [0.2, 0.25) is 0 Å². The van der Waals surface area contributed by atoms with Crippen molar-refractivity contribution in [3.05, 3.63) is 52.5 Å². The SMILES string of the molecule is CCCCCS(=O)(=O)Oc1cccc(Oc2cccc(Br)c2C)c1. The summed E-state index contributed by atoms with van der Waals surface area (Å²) in [5.74, 6) is 1.51. The van der Waals surface area contributed by atoms with Gasteiger partial charge in [-0.05, 0) is 37.6 Å². The summed E-state index contributed by atoms with van der Waals surface area (Å²) in [6.07, 6.45) is 2.44. The van der Waals surface area contributed by atoms with Crippen LogP contribution in [0.25, 0.3) is 0 Å². The van der Waals surface area contributed by atoms with E-state index in [0.29, 0.717) is 17.9 Å². The highest BCUT2D eigenvalue weighted by Crippen LogP contribution is 2.31. The average molecular weight is 413 g/mol. The second-order valence-corrected chi connectivity index (χ2v) is 8.04. The van der Waals surface area contributed by atoms with Gasteiger partial charge in [0, 0.05) is 16.1 Å². The smallest absolute Gasteiger partial charge is 0.309 e. The predicted octanol–water partition coefficient (Wildman–Crippen LogP) is 5.45. The monoisotopic (exact) mass is 412 g/mol. The highest BCUT2D eigenvalue weighted by atomic mass is 79.9. The lowest BCUT2D eigenvalue weighted by atomic mass is 10.2. The minimum atomic E-state index is -3.57. The fourth-order valence-electron chi connectivity index (χ4n) is 2.13. The largest absolute Gasteiger partial charge is 0.457 e. The standard InChI is InChI=1S/C18H21BrO4S/c1-3-4-5-12-24(20,21)23-16-9-6-8-15(13-16)22-18-11-7-10-17(19)14(18)2/h6-11,13H,3-5,12H2,1-2H3. The lowest BCUT2D eigenvalue weighted by Gasteiger charge is -2.11. The van der Waals surface area contributed by atoms with Gasteiger partial charge in [0.2, 0.25) is 0 Å². The fourth-order valence-corrected chi connectivity index (χ4v) is 3.52. The molecule has 24 heavy (non-hydrogen) atoms. The van der Waals surface area contributed by atoms with Gasteiger partial charge in [-0.25, -0.2) is 0 Å². The molecule has 2 aromatic rings. The van der Waals surface area contributed by atoms with Crippen LogP contribution in [0, 0.1) is 6.92 Å². The Morgan fingerprint density at radius 3 is 2.50 bits per heavy atom. The molecule has 0 aliphatic carbocycles. The zero-order valence-electron chi connectivity index (χ0n) is 13.8. The molecule has 0 bridgehead atoms. The molecule has 0 aromatic heterocycles. The molecule has 0 spiro atoms. The van der Waals surface area contributed by atoms with Gasteiger partial charge in [-0.3, -0.25) is 0 Å². The summed E-state index contributed by atoms with van der Waals surface area (Å²) < 4.78 is 35.9. The van der Waals surface area contributed by atoms with Crippen LogP contribution in [0.1, 0.15) is 31.7 Å². The zero-order valence-corrected chi connectivity index (χ0v) is 16.2. The van der Waals surface area contributed by atoms with Crippen molar-refractivity contribution in [3.63, 3.8) is 0 Å². The Morgan fingerprint density at radius 1 is 1.04 bits per heavy atom. The quantitative estimate of drug-likeness (QED) is 0.427. The third-order valence-electron chi connectivity index (χ3n) is 3.47. The van der Waals surface area contributed by atoms with Crippen molar-refractivity contribution in [2.45, 2.75) is 33.1 Å². The van der Waals surface area contributed by atoms with Crippen LogP contribution in [0.4, 0.5) is 0 Å². The van der Waals surface area contributed by atoms with E-state index in [1.807, 2.05) is 32.0 Å². The molecular weight excluding hydrogens is 392 g/mol. The molecule has 0 unspecified atom stereocenters. The lowest BCUT2D eigenvalue weighted by molar-refractivity contribution is 0.465. The van der Waals surface area contributed by atoms with Crippen LogP contribution in [-0.2, 0) is 10.1 Å². The van der Waals surface area contributed by atoms with Gasteiger partial charge in [-0.2, -0.15) is 8.42 Å². The molecule has 0 radical (unpaired) electrons. The summed E-state index contributed by atoms with van der Waals surface area (Å²) in [6, 6.07) is 12.3. The Morgan fingerprint density at radius 2 is 1.75 bits per heavy atom. The number of hydrogen-bond donors (Lipinski definition) is 0. The summed E-state index contributed by atoms with van der Waals surface area (Å²) >= 11 is 3.46. The molecule has 6 heteroatoms. The Hall–Kier alpha value is -1.53. The summed E-state index contributed by atoms with van der Waals surface area (Å²) in [5.41, 5.74) is 0.969. The molecule has 0 amide bonds. The highest BCUT2D eigenvalue weighted by molar-refractivity contribution is 9.10. The predicted molar refractivity (Wildman–Crippen MR) is 99.3 cm³/mol. The Bertz CT molecular complexity index is 787. The first kappa shape index (κ1) is 18.8. The van der Waals surface area contributed by atoms with Crippen molar-refractivity contribution >= 4 is 26.0 Å². The molecule has 0 saturated carbocycles. The molecule has 0 fully saturated rings. The number of benzene rings is 2. The van der Waals surface area contributed by atoms with Crippen LogP contribution < -0.4 is 8.92 Å². The van der Waals surface area contributed by atoms with Gasteiger partial charge in [0.1, 0.15) is 17.2 Å². The first-order valence-electron chi connectivity index (χ1n) is 7.86. The highest BCUT2D eigenvalue weighted by Gasteiger charge is 2.13. The molecular formula is C18H21BrO4S. The second kappa shape index (κ2) is 8.53. The third-order valence-corrected chi connectivity index (χ3v) is 5.57. The molecule has 130 valence electrons. The topological polar surface area (TPSA) is 52.6 Å². The van der Waals surface area contributed by atoms with E-state index in [9.17, 15) is 8.42 Å². The summed E-state index contributed by atoms with van der Waals surface area (Å²) in [5, 5.41) is 0. The maximum absolute atomic E-state index is 12.0. The summed E-state index contributed by atoms with van der Waals surface area (Å²) in [7, 11) is -3.57. The zero-order chi connectivity index (χ0) is 17.6. The van der Waals surface area contributed by atoms with Gasteiger partial charge < -0.3 is 8.92 Å². The van der Waals surface area contributed by atoms with Crippen LogP contribution in [-0.4, -0.2) is 14.2 Å². The van der Waals surface area contributed by atoms with Gasteiger partial charge in [0.15, 0.2) is 0 Å². The van der Waals surface area contributed by atoms with Crippen LogP contribution in [0.3, 0.4) is 0 Å². The van der Waals surface area contributed by atoms with Crippen LogP contribution in [0.5, 0.6) is 17.2 Å². The summed E-state index contributed by atoms with van der Waals surface area (Å²) in [4.78, 5) is 0. The number of ether oxygens (including phenoxy) is 1. The van der Waals surface area contributed by atoms with Crippen molar-refractivity contribution in [1.82, 2.24) is 0 Å². The van der Waals surface area contributed by atoms with Crippen molar-refractivity contribution < 1.29 is 17.3 Å². The number of unbranched alkanes of at least 4 members (excludes halogenated alkanes) is 2. The van der Waals surface area contributed by atoms with Crippen molar-refractivity contribution in [2.75, 3.05) is 5.75 Å². The molecule has 2 rings (SSSR count). The van der Waals surface area contributed by atoms with Crippen molar-refractivity contribution in [2.24, 2.45) is 0 Å². The molecule has 0 aliphatic heterocycles. The van der Waals surface area contributed by atoms with E-state index in [-0.39, 0.29) is 11.5 Å². The van der Waals surface area contributed by atoms with Gasteiger partial charge in [-0.1, -0.05) is 47.8 Å². The fraction of sp³-hybridized carbons (Fsp3) is 0.333. The van der Waals surface area contributed by atoms with E-state index in [0.717, 1.165) is 22.9 Å². The first-order chi connectivity index (χ1) is 11.4. The molecule has 0 saturated heterocycles. The van der Waals surface area contributed by atoms with E-state index in [4.69, 9.17) is 8.92 Å². The number of hydrogen-bond acceptors (Lipinski definition) is 4. The number of rotatable bonds is 8. The Labute approximate surface area is 152 Å². The molecule has 0 aliphatic rings. The van der Waals surface area contributed by atoms with Gasteiger partial charge in [-0.15, -0.1) is 0 Å². The maximum atomic E-state index is 12.0. The van der Waals surface area contributed by atoms with Crippen molar-refractivity contribution in [3.8, 4) is 17.2 Å². The minimum Gasteiger partial charge on any atom is -0.457 e. The molecule has 0 N–H and O–H groups in total. The van der Waals surface area contributed by atoms with Crippen molar-refractivity contribution in [1.29, 1.82) is 0 Å². The normalized spacial score (nSPS) is 11.3. The molecule has 4 nitrogen and oxygen atoms in total. The van der Waals surface area contributed by atoms with E-state index < -0.39 is 10.1 Å². The average Bonchev–Trinajstić information content (AvgIpc) is 2.52. The van der Waals surface area contributed by atoms with E-state index in [2.05, 4.69) is 15.9 Å². The Balaban J connectivity index is 2.10. The second-order valence-electron chi connectivity index (χ2n) is 5.49. The van der Waals surface area contributed by atoms with Gasteiger partial charge >= 0.3 is 10.1 Å². The maximum Gasteiger partial charge on any atom is 0.309 e. The number of halogens is 1. The van der Waals surface area contributed by atoms with E-state index in [1.54, 1.807) is 24.3 Å². The van der Waals surface area contributed by atoms with E-state index in [1.165, 1.54) is 0 Å². The molecule has 2 aromatic carbocycles.